The van der Waals surface area contributed by atoms with Crippen LogP contribution in [-0.4, -0.2) is 35.0 Å². The molecule has 0 N–H and O–H groups in total. The number of rotatable bonds is 5. The van der Waals surface area contributed by atoms with Crippen molar-refractivity contribution in [2.24, 2.45) is 0 Å². The highest BCUT2D eigenvalue weighted by Gasteiger charge is 2.21. The van der Waals surface area contributed by atoms with E-state index >= 15 is 0 Å². The summed E-state index contributed by atoms with van der Waals surface area (Å²) in [6.07, 6.45) is 0.143. The molecule has 1 aromatic carbocycles. The lowest BCUT2D eigenvalue weighted by Gasteiger charge is -2.14. The lowest BCUT2D eigenvalue weighted by Crippen LogP contribution is -2.26. The first-order valence-electron chi connectivity index (χ1n) is 8.05. The molecule has 2 heterocycles. The van der Waals surface area contributed by atoms with Gasteiger partial charge in [0.2, 0.25) is 0 Å². The topological polar surface area (TPSA) is 76.8 Å². The zero-order valence-electron chi connectivity index (χ0n) is 14.2. The van der Waals surface area contributed by atoms with Gasteiger partial charge < -0.3 is 14.1 Å². The average molecular weight is 361 g/mol. The molecule has 0 bridgehead atoms. The van der Waals surface area contributed by atoms with Gasteiger partial charge in [-0.25, -0.2) is 4.79 Å². The molecule has 0 saturated carbocycles. The molecule has 132 valence electrons. The molecule has 0 atom stereocenters. The van der Waals surface area contributed by atoms with Gasteiger partial charge in [-0.05, 0) is 37.1 Å². The first kappa shape index (κ1) is 17.5. The number of amides is 1. The third-order valence-electron chi connectivity index (χ3n) is 4.26. The number of hydrogen-bond donors (Lipinski definition) is 0. The van der Waals surface area contributed by atoms with Crippen molar-refractivity contribution in [2.45, 2.75) is 26.9 Å². The van der Waals surface area contributed by atoms with E-state index in [4.69, 9.17) is 9.15 Å². The quantitative estimate of drug-likeness (QED) is 0.602. The lowest BCUT2D eigenvalue weighted by atomic mass is 10.0. The van der Waals surface area contributed by atoms with Crippen molar-refractivity contribution in [1.82, 2.24) is 4.90 Å². The van der Waals surface area contributed by atoms with Gasteiger partial charge >= 0.3 is 11.6 Å². The maximum atomic E-state index is 12.0. The molecule has 3 rings (SSSR count). The van der Waals surface area contributed by atoms with Crippen molar-refractivity contribution >= 4 is 33.9 Å². The molecule has 0 spiro atoms. The van der Waals surface area contributed by atoms with Crippen molar-refractivity contribution < 1.29 is 18.7 Å². The van der Waals surface area contributed by atoms with E-state index in [-0.39, 0.29) is 18.3 Å². The predicted octanol–water partition coefficient (Wildman–Crippen LogP) is 3.01. The fourth-order valence-corrected chi connectivity index (χ4v) is 3.54. The Hall–Kier alpha value is -2.28. The maximum absolute atomic E-state index is 12.0. The summed E-state index contributed by atoms with van der Waals surface area (Å²) >= 11 is 1.26. The summed E-state index contributed by atoms with van der Waals surface area (Å²) in [6.45, 7) is 4.95. The van der Waals surface area contributed by atoms with Gasteiger partial charge in [-0.15, -0.1) is 0 Å². The van der Waals surface area contributed by atoms with Crippen molar-refractivity contribution in [2.75, 3.05) is 18.8 Å². The van der Waals surface area contributed by atoms with Crippen LogP contribution < -0.4 is 5.63 Å². The van der Waals surface area contributed by atoms with Crippen LogP contribution in [0.15, 0.2) is 27.4 Å². The van der Waals surface area contributed by atoms with E-state index in [2.05, 4.69) is 0 Å². The summed E-state index contributed by atoms with van der Waals surface area (Å²) in [5, 5.41) is 0.770. The second kappa shape index (κ2) is 7.31. The Labute approximate surface area is 149 Å². The first-order valence-corrected chi connectivity index (χ1v) is 9.04. The van der Waals surface area contributed by atoms with Gasteiger partial charge in [0, 0.05) is 35.9 Å². The Morgan fingerprint density at radius 2 is 2.00 bits per heavy atom. The number of fused-ring (bicyclic) bond motifs is 1. The van der Waals surface area contributed by atoms with Gasteiger partial charge in [0.15, 0.2) is 0 Å². The van der Waals surface area contributed by atoms with Gasteiger partial charge in [0.25, 0.3) is 5.24 Å². The van der Waals surface area contributed by atoms with Crippen LogP contribution in [0.25, 0.3) is 11.0 Å². The molecule has 1 fully saturated rings. The van der Waals surface area contributed by atoms with Gasteiger partial charge in [0.1, 0.15) is 12.2 Å². The number of benzene rings is 1. The minimum atomic E-state index is -0.471. The lowest BCUT2D eigenvalue weighted by molar-refractivity contribution is -0.145. The molecule has 0 aliphatic carbocycles. The van der Waals surface area contributed by atoms with E-state index in [1.54, 1.807) is 4.90 Å². The monoisotopic (exact) mass is 361 g/mol. The fraction of sp³-hybridized carbons (Fsp3) is 0.389. The van der Waals surface area contributed by atoms with Crippen LogP contribution in [0.3, 0.4) is 0 Å². The molecule has 1 amide bonds. The second-order valence-electron chi connectivity index (χ2n) is 6.04. The SMILES string of the molecule is Cc1cc2oc(=O)cc(COC(=O)CCN3CCSC3=O)c2cc1C. The van der Waals surface area contributed by atoms with Gasteiger partial charge in [-0.1, -0.05) is 11.8 Å². The minimum absolute atomic E-state index is 0.00491. The normalized spacial score (nSPS) is 14.3. The zero-order valence-corrected chi connectivity index (χ0v) is 15.0. The van der Waals surface area contributed by atoms with Crippen LogP contribution in [0.2, 0.25) is 0 Å². The molecule has 25 heavy (non-hydrogen) atoms. The number of carbonyl (C=O) groups excluding carboxylic acids is 2. The van der Waals surface area contributed by atoms with Gasteiger partial charge in [-0.3, -0.25) is 9.59 Å². The Balaban J connectivity index is 1.68. The number of carbonyl (C=O) groups is 2. The summed E-state index contributed by atoms with van der Waals surface area (Å²) in [7, 11) is 0. The molecule has 0 unspecified atom stereocenters. The Morgan fingerprint density at radius 1 is 1.24 bits per heavy atom. The molecule has 2 aromatic rings. The fourth-order valence-electron chi connectivity index (χ4n) is 2.69. The summed E-state index contributed by atoms with van der Waals surface area (Å²) in [6, 6.07) is 5.09. The molecule has 1 saturated heterocycles. The van der Waals surface area contributed by atoms with Crippen molar-refractivity contribution in [3.8, 4) is 0 Å². The van der Waals surface area contributed by atoms with Crippen LogP contribution in [0.1, 0.15) is 23.1 Å². The summed E-state index contributed by atoms with van der Waals surface area (Å²) in [5.74, 6) is 0.369. The largest absolute Gasteiger partial charge is 0.461 e. The number of hydrogen-bond acceptors (Lipinski definition) is 6. The van der Waals surface area contributed by atoms with Crippen molar-refractivity contribution in [1.29, 1.82) is 0 Å². The summed E-state index contributed by atoms with van der Waals surface area (Å²) in [4.78, 5) is 36.8. The number of esters is 1. The molecule has 1 aromatic heterocycles. The minimum Gasteiger partial charge on any atom is -0.461 e. The second-order valence-corrected chi connectivity index (χ2v) is 7.08. The first-order chi connectivity index (χ1) is 11.9. The molecule has 1 aliphatic heterocycles. The van der Waals surface area contributed by atoms with Crippen molar-refractivity contribution in [3.63, 3.8) is 0 Å². The highest BCUT2D eigenvalue weighted by molar-refractivity contribution is 8.13. The maximum Gasteiger partial charge on any atom is 0.336 e. The molecular formula is C18H19NO5S. The number of thioether (sulfide) groups is 1. The van der Waals surface area contributed by atoms with Crippen LogP contribution >= 0.6 is 11.8 Å². The Morgan fingerprint density at radius 3 is 2.72 bits per heavy atom. The zero-order chi connectivity index (χ0) is 18.0. The third-order valence-corrected chi connectivity index (χ3v) is 5.16. The number of nitrogens with zero attached hydrogens (tertiary/aromatic N) is 1. The summed E-state index contributed by atoms with van der Waals surface area (Å²) < 4.78 is 10.5. The van der Waals surface area contributed by atoms with Crippen LogP contribution in [0, 0.1) is 13.8 Å². The number of aryl methyl sites for hydroxylation is 2. The Kier molecular flexibility index (Phi) is 5.13. The van der Waals surface area contributed by atoms with E-state index in [1.165, 1.54) is 17.8 Å². The third kappa shape index (κ3) is 4.04. The predicted molar refractivity (Wildman–Crippen MR) is 95.8 cm³/mol. The molecular weight excluding hydrogens is 342 g/mol. The van der Waals surface area contributed by atoms with Crippen LogP contribution in [0.4, 0.5) is 4.79 Å². The van der Waals surface area contributed by atoms with Crippen LogP contribution in [0.5, 0.6) is 0 Å². The smallest absolute Gasteiger partial charge is 0.336 e. The van der Waals surface area contributed by atoms with E-state index in [0.29, 0.717) is 24.2 Å². The highest BCUT2D eigenvalue weighted by Crippen LogP contribution is 2.22. The van der Waals surface area contributed by atoms with Gasteiger partial charge in [0.05, 0.1) is 6.42 Å². The molecule has 7 heteroatoms. The van der Waals surface area contributed by atoms with E-state index in [1.807, 2.05) is 26.0 Å². The van der Waals surface area contributed by atoms with E-state index in [0.717, 1.165) is 22.3 Å². The molecule has 0 radical (unpaired) electrons. The Bertz CT molecular complexity index is 889. The van der Waals surface area contributed by atoms with E-state index in [9.17, 15) is 14.4 Å². The standard InChI is InChI=1S/C18H19NO5S/c1-11-7-14-13(9-17(21)24-15(14)8-12(11)2)10-23-16(20)3-4-19-5-6-25-18(19)22/h7-9H,3-6,10H2,1-2H3. The van der Waals surface area contributed by atoms with E-state index < -0.39 is 11.6 Å². The molecule has 1 aliphatic rings. The van der Waals surface area contributed by atoms with Gasteiger partial charge in [-0.2, -0.15) is 0 Å². The number of ether oxygens (including phenoxy) is 1. The summed E-state index contributed by atoms with van der Waals surface area (Å²) in [5.41, 5.74) is 2.73. The highest BCUT2D eigenvalue weighted by atomic mass is 32.2. The van der Waals surface area contributed by atoms with Crippen LogP contribution in [-0.2, 0) is 16.1 Å². The molecule has 6 nitrogen and oxygen atoms in total. The van der Waals surface area contributed by atoms with Crippen molar-refractivity contribution in [3.05, 3.63) is 45.3 Å². The average Bonchev–Trinajstić information content (AvgIpc) is 2.97.